The van der Waals surface area contributed by atoms with Gasteiger partial charge in [0.15, 0.2) is 0 Å². The molecule has 4 heteroatoms. The Hall–Kier alpha value is -2.04. The van der Waals surface area contributed by atoms with Crippen molar-refractivity contribution < 1.29 is 10.2 Å². The third kappa shape index (κ3) is 1.92. The summed E-state index contributed by atoms with van der Waals surface area (Å²) in [5.41, 5.74) is 7.64. The molecule has 3 N–H and O–H groups in total. The first-order valence-electron chi connectivity index (χ1n) is 8.22. The van der Waals surface area contributed by atoms with Crippen molar-refractivity contribution in [2.45, 2.75) is 45.9 Å². The van der Waals surface area contributed by atoms with Crippen LogP contribution >= 0.6 is 0 Å². The van der Waals surface area contributed by atoms with Crippen molar-refractivity contribution in [3.8, 4) is 0 Å². The molecule has 0 saturated carbocycles. The Labute approximate surface area is 135 Å². The van der Waals surface area contributed by atoms with Gasteiger partial charge in [-0.1, -0.05) is 6.92 Å². The molecule has 0 fully saturated rings. The maximum Gasteiger partial charge on any atom is 0.0732 e. The predicted octanol–water partition coefficient (Wildman–Crippen LogP) is 3.17. The Morgan fingerprint density at radius 2 is 2.04 bits per heavy atom. The molecular formula is C19H22N2O2. The van der Waals surface area contributed by atoms with Crippen molar-refractivity contribution in [3.63, 3.8) is 0 Å². The minimum atomic E-state index is -0.0455. The number of hydrogen-bond acceptors (Lipinski definition) is 2. The fraction of sp³-hybridized carbons (Fsp3) is 0.368. The number of nitrogens with zero attached hydrogens (tertiary/aromatic N) is 1. The van der Waals surface area contributed by atoms with Crippen LogP contribution in [-0.2, 0) is 19.6 Å². The van der Waals surface area contributed by atoms with Crippen LogP contribution in [0.5, 0.6) is 0 Å². The molecule has 1 aliphatic rings. The molecule has 1 unspecified atom stereocenters. The van der Waals surface area contributed by atoms with E-state index >= 15 is 0 Å². The summed E-state index contributed by atoms with van der Waals surface area (Å²) in [4.78, 5) is 3.60. The summed E-state index contributed by atoms with van der Waals surface area (Å²) in [6.07, 6.45) is 4.02. The van der Waals surface area contributed by atoms with Gasteiger partial charge in [-0.2, -0.15) is 0 Å². The summed E-state index contributed by atoms with van der Waals surface area (Å²) in [6.45, 7) is 4.11. The van der Waals surface area contributed by atoms with Crippen molar-refractivity contribution in [1.29, 1.82) is 0 Å². The largest absolute Gasteiger partial charge is 0.392 e. The maximum atomic E-state index is 9.94. The molecule has 0 saturated heterocycles. The number of H-pyrrole nitrogens is 1. The third-order valence-corrected chi connectivity index (χ3v) is 5.27. The van der Waals surface area contributed by atoms with E-state index in [1.54, 1.807) is 0 Å². The van der Waals surface area contributed by atoms with Crippen LogP contribution in [0.25, 0.3) is 10.9 Å². The molecule has 120 valence electrons. The molecule has 2 aromatic heterocycles. The van der Waals surface area contributed by atoms with E-state index < -0.39 is 0 Å². The first-order chi connectivity index (χ1) is 11.2. The van der Waals surface area contributed by atoms with Gasteiger partial charge >= 0.3 is 0 Å². The lowest BCUT2D eigenvalue weighted by atomic mass is 9.91. The van der Waals surface area contributed by atoms with E-state index in [-0.39, 0.29) is 13.2 Å². The van der Waals surface area contributed by atoms with Crippen LogP contribution in [0.4, 0.5) is 0 Å². The Balaban J connectivity index is 2.05. The van der Waals surface area contributed by atoms with Crippen LogP contribution in [0.3, 0.4) is 0 Å². The monoisotopic (exact) mass is 310 g/mol. The van der Waals surface area contributed by atoms with Gasteiger partial charge in [0, 0.05) is 34.9 Å². The Morgan fingerprint density at radius 1 is 1.26 bits per heavy atom. The standard InChI is InChI=1S/C19H22N2O2/c1-3-17-19-13(8-12-5-4-6-21(12)17)18-15(10-23)14(9-22)11(2)7-16(18)20-19/h4-7,17,20,22-23H,3,8-10H2,1-2H3. The number of aryl methyl sites for hydroxylation is 1. The second-order valence-corrected chi connectivity index (χ2v) is 6.41. The van der Waals surface area contributed by atoms with Gasteiger partial charge in [0.25, 0.3) is 0 Å². The molecule has 0 radical (unpaired) electrons. The molecule has 0 aliphatic carbocycles. The van der Waals surface area contributed by atoms with Crippen LogP contribution in [0, 0.1) is 6.92 Å². The van der Waals surface area contributed by atoms with Crippen molar-refractivity contribution in [2.24, 2.45) is 0 Å². The quantitative estimate of drug-likeness (QED) is 0.696. The number of rotatable bonds is 3. The second-order valence-electron chi connectivity index (χ2n) is 6.41. The Morgan fingerprint density at radius 3 is 2.74 bits per heavy atom. The number of benzene rings is 1. The lowest BCUT2D eigenvalue weighted by Gasteiger charge is -2.26. The fourth-order valence-electron chi connectivity index (χ4n) is 4.19. The average molecular weight is 310 g/mol. The van der Waals surface area contributed by atoms with Gasteiger partial charge in [-0.3, -0.25) is 0 Å². The van der Waals surface area contributed by atoms with Crippen LogP contribution in [0.2, 0.25) is 0 Å². The highest BCUT2D eigenvalue weighted by molar-refractivity contribution is 5.90. The van der Waals surface area contributed by atoms with Gasteiger partial charge in [0.2, 0.25) is 0 Å². The molecule has 3 heterocycles. The number of nitrogens with one attached hydrogen (secondary N) is 1. The minimum Gasteiger partial charge on any atom is -0.392 e. The van der Waals surface area contributed by atoms with Crippen molar-refractivity contribution in [2.75, 3.05) is 0 Å². The van der Waals surface area contributed by atoms with Crippen LogP contribution in [-0.4, -0.2) is 19.8 Å². The van der Waals surface area contributed by atoms with Crippen LogP contribution < -0.4 is 0 Å². The minimum absolute atomic E-state index is 0.0365. The van der Waals surface area contributed by atoms with E-state index in [0.717, 1.165) is 40.4 Å². The number of aromatic amines is 1. The van der Waals surface area contributed by atoms with Gasteiger partial charge in [0.1, 0.15) is 0 Å². The predicted molar refractivity (Wildman–Crippen MR) is 90.5 cm³/mol. The van der Waals surface area contributed by atoms with Gasteiger partial charge in [-0.15, -0.1) is 0 Å². The summed E-state index contributed by atoms with van der Waals surface area (Å²) in [5.74, 6) is 0. The molecule has 4 rings (SSSR count). The lowest BCUT2D eigenvalue weighted by molar-refractivity contribution is 0.260. The second kappa shape index (κ2) is 5.25. The Bertz CT molecular complexity index is 889. The van der Waals surface area contributed by atoms with E-state index in [1.165, 1.54) is 17.0 Å². The highest BCUT2D eigenvalue weighted by atomic mass is 16.3. The summed E-state index contributed by atoms with van der Waals surface area (Å²) in [7, 11) is 0. The smallest absolute Gasteiger partial charge is 0.0732 e. The normalized spacial score (nSPS) is 16.6. The van der Waals surface area contributed by atoms with Crippen molar-refractivity contribution >= 4 is 10.9 Å². The first kappa shape index (κ1) is 14.5. The third-order valence-electron chi connectivity index (χ3n) is 5.27. The molecule has 1 atom stereocenters. The highest BCUT2D eigenvalue weighted by Gasteiger charge is 2.28. The Kier molecular flexibility index (Phi) is 3.32. The SMILES string of the molecule is CCC1c2[nH]c3cc(C)c(CO)c(CO)c3c2Cc2cccn21. The molecule has 3 aromatic rings. The molecule has 23 heavy (non-hydrogen) atoms. The average Bonchev–Trinajstić information content (AvgIpc) is 3.15. The molecular weight excluding hydrogens is 288 g/mol. The summed E-state index contributed by atoms with van der Waals surface area (Å²) < 4.78 is 2.34. The zero-order valence-corrected chi connectivity index (χ0v) is 13.6. The van der Waals surface area contributed by atoms with E-state index in [2.05, 4.69) is 40.9 Å². The van der Waals surface area contributed by atoms with E-state index in [0.29, 0.717) is 6.04 Å². The molecule has 0 amide bonds. The number of aromatic nitrogens is 2. The molecule has 0 bridgehead atoms. The zero-order valence-electron chi connectivity index (χ0n) is 13.6. The number of fused-ring (bicyclic) bond motifs is 4. The van der Waals surface area contributed by atoms with E-state index in [4.69, 9.17) is 0 Å². The summed E-state index contributed by atoms with van der Waals surface area (Å²) in [6, 6.07) is 6.67. The van der Waals surface area contributed by atoms with Crippen molar-refractivity contribution in [3.05, 3.63) is 58.0 Å². The summed E-state index contributed by atoms with van der Waals surface area (Å²) >= 11 is 0. The van der Waals surface area contributed by atoms with Gasteiger partial charge in [0.05, 0.1) is 19.3 Å². The maximum absolute atomic E-state index is 9.94. The van der Waals surface area contributed by atoms with Gasteiger partial charge < -0.3 is 19.8 Å². The fourth-order valence-corrected chi connectivity index (χ4v) is 4.19. The van der Waals surface area contributed by atoms with Gasteiger partial charge in [-0.05, 0) is 53.8 Å². The number of aliphatic hydroxyl groups excluding tert-OH is 2. The molecule has 0 spiro atoms. The summed E-state index contributed by atoms with van der Waals surface area (Å²) in [5, 5.41) is 20.8. The number of hydrogen-bond donors (Lipinski definition) is 3. The van der Waals surface area contributed by atoms with E-state index in [1.807, 2.05) is 6.92 Å². The first-order valence-corrected chi connectivity index (χ1v) is 8.22. The molecule has 1 aliphatic heterocycles. The lowest BCUT2D eigenvalue weighted by Crippen LogP contribution is -2.19. The molecule has 4 nitrogen and oxygen atoms in total. The highest BCUT2D eigenvalue weighted by Crippen LogP contribution is 2.40. The zero-order chi connectivity index (χ0) is 16.1. The topological polar surface area (TPSA) is 61.2 Å². The van der Waals surface area contributed by atoms with Crippen molar-refractivity contribution in [1.82, 2.24) is 9.55 Å². The van der Waals surface area contributed by atoms with Gasteiger partial charge in [-0.25, -0.2) is 0 Å². The van der Waals surface area contributed by atoms with Crippen LogP contribution in [0.15, 0.2) is 24.4 Å². The molecule has 1 aromatic carbocycles. The van der Waals surface area contributed by atoms with E-state index in [9.17, 15) is 10.2 Å². The van der Waals surface area contributed by atoms with Crippen LogP contribution in [0.1, 0.15) is 53.0 Å². The number of aliphatic hydroxyl groups is 2.